The van der Waals surface area contributed by atoms with Crippen LogP contribution in [-0.2, 0) is 0 Å². The van der Waals surface area contributed by atoms with Gasteiger partial charge in [-0.3, -0.25) is 0 Å². The van der Waals surface area contributed by atoms with Crippen molar-refractivity contribution >= 4 is 43.0 Å². The number of hydrogen-bond donors (Lipinski definition) is 0. The van der Waals surface area contributed by atoms with Crippen molar-refractivity contribution in [2.75, 3.05) is 0 Å². The third-order valence-electron chi connectivity index (χ3n) is 2.91. The fourth-order valence-electron chi connectivity index (χ4n) is 2.14. The molecule has 0 saturated carbocycles. The second kappa shape index (κ2) is 4.87. The molecular formula is C15H15SiSn. The van der Waals surface area contributed by atoms with Crippen LogP contribution in [-0.4, -0.2) is 28.6 Å². The van der Waals surface area contributed by atoms with E-state index in [4.69, 9.17) is 0 Å². The quantitative estimate of drug-likeness (QED) is 0.552. The van der Waals surface area contributed by atoms with Gasteiger partial charge in [-0.05, 0) is 0 Å². The molecule has 0 amide bonds. The molecule has 0 aliphatic heterocycles. The molecule has 0 aliphatic carbocycles. The van der Waals surface area contributed by atoms with Gasteiger partial charge in [-0.15, -0.1) is 0 Å². The molecule has 0 unspecified atom stereocenters. The first-order chi connectivity index (χ1) is 8.04. The van der Waals surface area contributed by atoms with Crippen LogP contribution in [0.4, 0.5) is 0 Å². The molecule has 0 nitrogen and oxygen atoms in total. The molecule has 0 spiro atoms. The van der Waals surface area contributed by atoms with E-state index in [1.165, 1.54) is 10.8 Å². The van der Waals surface area contributed by atoms with E-state index in [1.807, 2.05) is 0 Å². The summed E-state index contributed by atoms with van der Waals surface area (Å²) < 4.78 is 1.56. The molecule has 0 atom stereocenters. The van der Waals surface area contributed by atoms with Gasteiger partial charge in [0.2, 0.25) is 0 Å². The summed E-state index contributed by atoms with van der Waals surface area (Å²) in [6.07, 6.45) is 0. The van der Waals surface area contributed by atoms with Crippen molar-refractivity contribution in [3.8, 4) is 11.5 Å². The predicted octanol–water partition coefficient (Wildman–Crippen LogP) is 2.86. The van der Waals surface area contributed by atoms with E-state index in [1.54, 1.807) is 3.58 Å². The summed E-state index contributed by atoms with van der Waals surface area (Å²) in [5.41, 5.74) is 3.97. The van der Waals surface area contributed by atoms with Gasteiger partial charge in [0.05, 0.1) is 0 Å². The fraction of sp³-hybridized carbons (Fsp3) is 0.200. The summed E-state index contributed by atoms with van der Waals surface area (Å²) in [6.45, 7) is 0. The molecule has 0 saturated heterocycles. The third kappa shape index (κ3) is 2.58. The summed E-state index contributed by atoms with van der Waals surface area (Å²) >= 11 is -2.09. The van der Waals surface area contributed by atoms with E-state index in [0.717, 1.165) is 5.56 Å². The summed E-state index contributed by atoms with van der Waals surface area (Å²) in [6, 6.07) is 13.0. The van der Waals surface area contributed by atoms with Crippen LogP contribution in [0.2, 0.25) is 14.8 Å². The first-order valence-electron chi connectivity index (χ1n) is 5.74. The van der Waals surface area contributed by atoms with Gasteiger partial charge in [-0.25, -0.2) is 0 Å². The van der Waals surface area contributed by atoms with Crippen molar-refractivity contribution in [2.45, 2.75) is 14.8 Å². The van der Waals surface area contributed by atoms with Gasteiger partial charge in [0.15, 0.2) is 0 Å². The molecule has 0 bridgehead atoms. The topological polar surface area (TPSA) is 0 Å². The molecule has 2 rings (SSSR count). The van der Waals surface area contributed by atoms with Crippen LogP contribution in [0, 0.1) is 11.5 Å². The number of benzene rings is 2. The first kappa shape index (κ1) is 12.7. The van der Waals surface area contributed by atoms with E-state index in [-0.39, 0.29) is 0 Å². The SMILES string of the molecule is [CH3][Sn]([CH3])([CH3])[c]1cccc2cccc(C#C[Si])c12. The average Bonchev–Trinajstić information content (AvgIpc) is 2.28. The van der Waals surface area contributed by atoms with E-state index in [2.05, 4.69) is 72.9 Å². The number of rotatable bonds is 1. The first-order valence-corrected chi connectivity index (χ1v) is 16.2. The van der Waals surface area contributed by atoms with Crippen molar-refractivity contribution in [1.82, 2.24) is 0 Å². The van der Waals surface area contributed by atoms with E-state index in [0.29, 0.717) is 0 Å². The normalized spacial score (nSPS) is 11.1. The van der Waals surface area contributed by atoms with Gasteiger partial charge >= 0.3 is 111 Å². The summed E-state index contributed by atoms with van der Waals surface area (Å²) in [5.74, 6) is 3.16. The molecule has 2 aromatic rings. The Morgan fingerprint density at radius 2 is 1.65 bits per heavy atom. The summed E-state index contributed by atoms with van der Waals surface area (Å²) in [7, 11) is 3.25. The van der Waals surface area contributed by atoms with Crippen LogP contribution >= 0.6 is 0 Å². The maximum absolute atomic E-state index is 3.25. The van der Waals surface area contributed by atoms with Gasteiger partial charge in [0, 0.05) is 0 Å². The van der Waals surface area contributed by atoms with Gasteiger partial charge < -0.3 is 0 Å². The predicted molar refractivity (Wildman–Crippen MR) is 79.6 cm³/mol. The Labute approximate surface area is 111 Å². The molecule has 0 aliphatic rings. The van der Waals surface area contributed by atoms with Crippen molar-refractivity contribution in [3.63, 3.8) is 0 Å². The minimum atomic E-state index is -2.09. The van der Waals surface area contributed by atoms with Crippen molar-refractivity contribution in [1.29, 1.82) is 0 Å². The Bertz CT molecular complexity index is 607. The van der Waals surface area contributed by atoms with Crippen LogP contribution in [0.5, 0.6) is 0 Å². The molecule has 83 valence electrons. The molecule has 0 aromatic heterocycles. The van der Waals surface area contributed by atoms with E-state index in [9.17, 15) is 0 Å². The standard InChI is InChI=1S/C12H6Si.3CH3.Sn/c13-9-8-11-6-3-5-10-4-1-2-7-12(10)11;;;;/h1-6H;3*1H3;. The van der Waals surface area contributed by atoms with Gasteiger partial charge in [0.25, 0.3) is 0 Å². The molecule has 2 heteroatoms. The number of hydrogen-bond acceptors (Lipinski definition) is 0. The Hall–Kier alpha value is -0.724. The average molecular weight is 342 g/mol. The second-order valence-electron chi connectivity index (χ2n) is 5.21. The zero-order valence-electron chi connectivity index (χ0n) is 10.5. The monoisotopic (exact) mass is 343 g/mol. The van der Waals surface area contributed by atoms with Crippen LogP contribution < -0.4 is 3.58 Å². The number of fused-ring (bicyclic) bond motifs is 1. The van der Waals surface area contributed by atoms with Gasteiger partial charge in [-0.2, -0.15) is 0 Å². The molecule has 17 heavy (non-hydrogen) atoms. The third-order valence-corrected chi connectivity index (χ3v) is 8.84. The van der Waals surface area contributed by atoms with E-state index < -0.39 is 18.4 Å². The Balaban J connectivity index is 2.89. The van der Waals surface area contributed by atoms with Gasteiger partial charge in [0.1, 0.15) is 0 Å². The Morgan fingerprint density at radius 1 is 1.00 bits per heavy atom. The van der Waals surface area contributed by atoms with Crippen LogP contribution in [0.25, 0.3) is 10.8 Å². The summed E-state index contributed by atoms with van der Waals surface area (Å²) in [4.78, 5) is 7.34. The Morgan fingerprint density at radius 3 is 2.24 bits per heavy atom. The zero-order chi connectivity index (χ0) is 12.5. The molecule has 3 radical (unpaired) electrons. The van der Waals surface area contributed by atoms with E-state index >= 15 is 0 Å². The molecule has 0 fully saturated rings. The molecule has 2 aromatic carbocycles. The molecule has 0 N–H and O–H groups in total. The minimum absolute atomic E-state index is 1.14. The van der Waals surface area contributed by atoms with Crippen molar-refractivity contribution in [2.24, 2.45) is 0 Å². The second-order valence-corrected chi connectivity index (χ2v) is 19.8. The van der Waals surface area contributed by atoms with Crippen molar-refractivity contribution < 1.29 is 0 Å². The zero-order valence-corrected chi connectivity index (χ0v) is 14.3. The van der Waals surface area contributed by atoms with Crippen LogP contribution in [0.15, 0.2) is 36.4 Å². The Kier molecular flexibility index (Phi) is 3.65. The van der Waals surface area contributed by atoms with Crippen LogP contribution in [0.3, 0.4) is 0 Å². The van der Waals surface area contributed by atoms with Crippen molar-refractivity contribution in [3.05, 3.63) is 42.0 Å². The van der Waals surface area contributed by atoms with Crippen LogP contribution in [0.1, 0.15) is 5.56 Å². The molecular weight excluding hydrogens is 327 g/mol. The molecule has 0 heterocycles. The summed E-state index contributed by atoms with van der Waals surface area (Å²) in [5, 5.41) is 2.67. The maximum atomic E-state index is 3.25. The van der Waals surface area contributed by atoms with Gasteiger partial charge in [-0.1, -0.05) is 0 Å². The fourth-order valence-corrected chi connectivity index (χ4v) is 6.91.